The normalized spacial score (nSPS) is 23.2. The van der Waals surface area contributed by atoms with Crippen LogP contribution in [-0.4, -0.2) is 70.3 Å². The lowest BCUT2D eigenvalue weighted by Crippen LogP contribution is -2.49. The largest absolute Gasteiger partial charge is 0.462 e. The standard InChI is InChI=1S/C17H29NO5/c1-5-6-7-16(22-13-21-11-10-20-4)15-12-18(3)9-8-17(15)23-14(2)19/h1,15-17H,6-13H2,2-4H3. The number of terminal acetylenes is 1. The van der Waals surface area contributed by atoms with Crippen molar-refractivity contribution in [2.45, 2.75) is 38.4 Å². The van der Waals surface area contributed by atoms with Gasteiger partial charge in [-0.25, -0.2) is 0 Å². The predicted molar refractivity (Wildman–Crippen MR) is 86.8 cm³/mol. The van der Waals surface area contributed by atoms with E-state index in [1.807, 2.05) is 0 Å². The number of hydrogen-bond acceptors (Lipinski definition) is 6. The van der Waals surface area contributed by atoms with Crippen molar-refractivity contribution in [1.29, 1.82) is 0 Å². The van der Waals surface area contributed by atoms with Crippen molar-refractivity contribution in [2.75, 3.05) is 47.3 Å². The predicted octanol–water partition coefficient (Wildman–Crippen LogP) is 1.29. The van der Waals surface area contributed by atoms with Crippen LogP contribution in [0.15, 0.2) is 0 Å². The van der Waals surface area contributed by atoms with Gasteiger partial charge in [0.15, 0.2) is 0 Å². The highest BCUT2D eigenvalue weighted by Gasteiger charge is 2.36. The van der Waals surface area contributed by atoms with Crippen LogP contribution in [0.25, 0.3) is 0 Å². The molecule has 0 aromatic rings. The fourth-order valence-corrected chi connectivity index (χ4v) is 2.83. The van der Waals surface area contributed by atoms with Crippen molar-refractivity contribution in [3.63, 3.8) is 0 Å². The Morgan fingerprint density at radius 3 is 2.87 bits per heavy atom. The molecule has 0 saturated carbocycles. The number of methoxy groups -OCH3 is 1. The van der Waals surface area contributed by atoms with E-state index in [1.54, 1.807) is 7.11 Å². The van der Waals surface area contributed by atoms with Gasteiger partial charge in [0.1, 0.15) is 12.9 Å². The van der Waals surface area contributed by atoms with E-state index in [2.05, 4.69) is 17.9 Å². The van der Waals surface area contributed by atoms with Gasteiger partial charge in [0.2, 0.25) is 0 Å². The summed E-state index contributed by atoms with van der Waals surface area (Å²) in [5, 5.41) is 0. The first-order chi connectivity index (χ1) is 11.1. The molecule has 3 atom stereocenters. The van der Waals surface area contributed by atoms with E-state index in [0.29, 0.717) is 19.6 Å². The average molecular weight is 327 g/mol. The Morgan fingerprint density at radius 2 is 2.22 bits per heavy atom. The molecule has 0 amide bonds. The number of hydrogen-bond donors (Lipinski definition) is 0. The average Bonchev–Trinajstić information content (AvgIpc) is 2.51. The van der Waals surface area contributed by atoms with E-state index < -0.39 is 0 Å². The van der Waals surface area contributed by atoms with Crippen LogP contribution in [0.4, 0.5) is 0 Å². The van der Waals surface area contributed by atoms with Crippen molar-refractivity contribution in [1.82, 2.24) is 4.90 Å². The number of ether oxygens (including phenoxy) is 4. The van der Waals surface area contributed by atoms with E-state index in [-0.39, 0.29) is 30.9 Å². The van der Waals surface area contributed by atoms with E-state index in [0.717, 1.165) is 25.9 Å². The lowest BCUT2D eigenvalue weighted by Gasteiger charge is -2.40. The quantitative estimate of drug-likeness (QED) is 0.261. The maximum absolute atomic E-state index is 11.4. The smallest absolute Gasteiger partial charge is 0.302 e. The van der Waals surface area contributed by atoms with Gasteiger partial charge in [-0.15, -0.1) is 12.3 Å². The number of esters is 1. The summed E-state index contributed by atoms with van der Waals surface area (Å²) in [5.41, 5.74) is 0. The van der Waals surface area contributed by atoms with Gasteiger partial charge in [-0.2, -0.15) is 0 Å². The summed E-state index contributed by atoms with van der Waals surface area (Å²) in [6.45, 7) is 4.36. The van der Waals surface area contributed by atoms with Crippen molar-refractivity contribution < 1.29 is 23.7 Å². The molecule has 0 spiro atoms. The van der Waals surface area contributed by atoms with Crippen LogP contribution < -0.4 is 0 Å². The Balaban J connectivity index is 2.62. The summed E-state index contributed by atoms with van der Waals surface area (Å²) in [6.07, 6.45) is 7.31. The van der Waals surface area contributed by atoms with Crippen LogP contribution in [-0.2, 0) is 23.7 Å². The third-order valence-corrected chi connectivity index (χ3v) is 3.96. The molecule has 1 fully saturated rings. The molecule has 0 N–H and O–H groups in total. The molecule has 1 aliphatic rings. The summed E-state index contributed by atoms with van der Waals surface area (Å²) < 4.78 is 21.7. The lowest BCUT2D eigenvalue weighted by molar-refractivity contribution is -0.166. The Labute approximate surface area is 139 Å². The molecule has 1 heterocycles. The second-order valence-electron chi connectivity index (χ2n) is 5.83. The van der Waals surface area contributed by atoms with Crippen molar-refractivity contribution in [3.05, 3.63) is 0 Å². The first kappa shape index (κ1) is 19.9. The number of nitrogens with zero attached hydrogens (tertiary/aromatic N) is 1. The first-order valence-electron chi connectivity index (χ1n) is 8.06. The highest BCUT2D eigenvalue weighted by molar-refractivity contribution is 5.66. The van der Waals surface area contributed by atoms with E-state index in [1.165, 1.54) is 6.92 Å². The second-order valence-corrected chi connectivity index (χ2v) is 5.83. The molecular formula is C17H29NO5. The Hall–Kier alpha value is -1.13. The van der Waals surface area contributed by atoms with Gasteiger partial charge in [0.25, 0.3) is 0 Å². The summed E-state index contributed by atoms with van der Waals surface area (Å²) in [4.78, 5) is 13.6. The Bertz CT molecular complexity index is 382. The number of rotatable bonds is 10. The topological polar surface area (TPSA) is 57.2 Å². The molecule has 0 aromatic heterocycles. The number of carbonyl (C=O) groups excluding carboxylic acids is 1. The minimum absolute atomic E-state index is 0.0945. The summed E-state index contributed by atoms with van der Waals surface area (Å²) in [7, 11) is 3.69. The molecule has 0 aromatic carbocycles. The minimum Gasteiger partial charge on any atom is -0.462 e. The second kappa shape index (κ2) is 11.4. The molecule has 23 heavy (non-hydrogen) atoms. The van der Waals surface area contributed by atoms with E-state index in [4.69, 9.17) is 25.4 Å². The molecule has 1 saturated heterocycles. The lowest BCUT2D eigenvalue weighted by atomic mass is 9.87. The van der Waals surface area contributed by atoms with Gasteiger partial charge in [-0.3, -0.25) is 4.79 Å². The van der Waals surface area contributed by atoms with Gasteiger partial charge >= 0.3 is 5.97 Å². The van der Waals surface area contributed by atoms with Crippen molar-refractivity contribution >= 4 is 5.97 Å². The maximum atomic E-state index is 11.4. The van der Waals surface area contributed by atoms with Gasteiger partial charge < -0.3 is 23.8 Å². The van der Waals surface area contributed by atoms with Crippen LogP contribution in [0.2, 0.25) is 0 Å². The van der Waals surface area contributed by atoms with Crippen LogP contribution in [0.5, 0.6) is 0 Å². The van der Waals surface area contributed by atoms with Gasteiger partial charge in [0, 0.05) is 39.5 Å². The summed E-state index contributed by atoms with van der Waals surface area (Å²) in [5.74, 6) is 2.49. The van der Waals surface area contributed by atoms with Crippen LogP contribution in [0.1, 0.15) is 26.2 Å². The fraction of sp³-hybridized carbons (Fsp3) is 0.824. The zero-order valence-electron chi connectivity index (χ0n) is 14.5. The molecule has 6 nitrogen and oxygen atoms in total. The number of carbonyl (C=O) groups is 1. The Kier molecular flexibility index (Phi) is 9.88. The third kappa shape index (κ3) is 7.80. The fourth-order valence-electron chi connectivity index (χ4n) is 2.83. The van der Waals surface area contributed by atoms with E-state index in [9.17, 15) is 4.79 Å². The molecular weight excluding hydrogens is 298 g/mol. The molecule has 1 aliphatic heterocycles. The SMILES string of the molecule is C#CCCC(OCOCCOC)C1CN(C)CCC1OC(C)=O. The van der Waals surface area contributed by atoms with Gasteiger partial charge in [-0.1, -0.05) is 0 Å². The van der Waals surface area contributed by atoms with Crippen molar-refractivity contribution in [2.24, 2.45) is 5.92 Å². The zero-order chi connectivity index (χ0) is 17.1. The number of piperidine rings is 1. The first-order valence-corrected chi connectivity index (χ1v) is 8.06. The monoisotopic (exact) mass is 327 g/mol. The van der Waals surface area contributed by atoms with E-state index >= 15 is 0 Å². The molecule has 3 unspecified atom stereocenters. The van der Waals surface area contributed by atoms with Gasteiger partial charge in [0.05, 0.1) is 19.3 Å². The van der Waals surface area contributed by atoms with Crippen molar-refractivity contribution in [3.8, 4) is 12.3 Å². The molecule has 132 valence electrons. The third-order valence-electron chi connectivity index (χ3n) is 3.96. The minimum atomic E-state index is -0.253. The maximum Gasteiger partial charge on any atom is 0.302 e. The zero-order valence-corrected chi connectivity index (χ0v) is 14.5. The Morgan fingerprint density at radius 1 is 1.43 bits per heavy atom. The number of likely N-dealkylation sites (tertiary alicyclic amines) is 1. The van der Waals surface area contributed by atoms with Crippen LogP contribution in [0, 0.1) is 18.3 Å². The van der Waals surface area contributed by atoms with Crippen LogP contribution >= 0.6 is 0 Å². The molecule has 6 heteroatoms. The summed E-state index contributed by atoms with van der Waals surface area (Å²) >= 11 is 0. The molecule has 1 rings (SSSR count). The van der Waals surface area contributed by atoms with Crippen LogP contribution in [0.3, 0.4) is 0 Å². The molecule has 0 radical (unpaired) electrons. The highest BCUT2D eigenvalue weighted by atomic mass is 16.7. The van der Waals surface area contributed by atoms with Gasteiger partial charge in [-0.05, 0) is 19.9 Å². The molecule has 0 aliphatic carbocycles. The highest BCUT2D eigenvalue weighted by Crippen LogP contribution is 2.27. The molecule has 0 bridgehead atoms. The summed E-state index contributed by atoms with van der Waals surface area (Å²) in [6, 6.07) is 0.